The highest BCUT2D eigenvalue weighted by atomic mass is 28.4. The van der Waals surface area contributed by atoms with Crippen molar-refractivity contribution in [2.24, 2.45) is 0 Å². The molecule has 0 aromatic carbocycles. The Bertz CT molecular complexity index is 600. The molecule has 0 fully saturated rings. The zero-order valence-corrected chi connectivity index (χ0v) is 19.7. The summed E-state index contributed by atoms with van der Waals surface area (Å²) in [5.74, 6) is 0. The molecule has 0 spiro atoms. The highest BCUT2D eigenvalue weighted by molar-refractivity contribution is 6.74. The third-order valence-electron chi connectivity index (χ3n) is 5.04. The van der Waals surface area contributed by atoms with Crippen LogP contribution in [0.3, 0.4) is 0 Å². The first kappa shape index (κ1) is 23.7. The van der Waals surface area contributed by atoms with Crippen LogP contribution < -0.4 is 5.32 Å². The Morgan fingerprint density at radius 3 is 2.41 bits per heavy atom. The second kappa shape index (κ2) is 9.23. The van der Waals surface area contributed by atoms with Gasteiger partial charge in [0.05, 0.1) is 18.0 Å². The van der Waals surface area contributed by atoms with Gasteiger partial charge in [0.2, 0.25) is 0 Å². The molecule has 1 atom stereocenters. The van der Waals surface area contributed by atoms with Crippen molar-refractivity contribution in [3.05, 3.63) is 17.5 Å². The zero-order valence-electron chi connectivity index (χ0n) is 18.7. The van der Waals surface area contributed by atoms with E-state index < -0.39 is 13.9 Å². The molecular weight excluding hydrogens is 358 g/mol. The maximum Gasteiger partial charge on any atom is 0.407 e. The summed E-state index contributed by atoms with van der Waals surface area (Å²) in [6.07, 6.45) is 2.11. The van der Waals surface area contributed by atoms with E-state index >= 15 is 0 Å². The molecule has 1 rings (SSSR count). The van der Waals surface area contributed by atoms with Crippen LogP contribution in [0.5, 0.6) is 0 Å². The molecule has 0 bridgehead atoms. The summed E-state index contributed by atoms with van der Waals surface area (Å²) in [6.45, 7) is 19.4. The number of nitrogens with one attached hydrogen (secondary N) is 2. The van der Waals surface area contributed by atoms with E-state index in [9.17, 15) is 4.79 Å². The second-order valence-corrected chi connectivity index (χ2v) is 14.5. The number of carbonyl (C=O) groups excluding carboxylic acids is 1. The summed E-state index contributed by atoms with van der Waals surface area (Å²) < 4.78 is 11.6. The third-order valence-corrected chi connectivity index (χ3v) is 9.52. The normalized spacial score (nSPS) is 14.1. The Labute approximate surface area is 165 Å². The minimum Gasteiger partial charge on any atom is -0.444 e. The average molecular weight is 398 g/mol. The van der Waals surface area contributed by atoms with Crippen molar-refractivity contribution >= 4 is 14.4 Å². The maximum absolute atomic E-state index is 11.9. The van der Waals surface area contributed by atoms with E-state index in [0.717, 1.165) is 30.7 Å². The molecule has 0 unspecified atom stereocenters. The molecule has 1 aromatic heterocycles. The standard InChI is InChI=1S/C20H39N3O3Si/c1-10-15(21-18(24)26-19(2,3)4)11-12-16-13-17(23-22-16)14-25-27(8,9)20(5,6)7/h13,15H,10-12,14H2,1-9H3,(H,21,24)(H,22,23)/t15-/m1/s1. The van der Waals surface area contributed by atoms with Crippen LogP contribution >= 0.6 is 0 Å². The van der Waals surface area contributed by atoms with Crippen LogP contribution in [0.25, 0.3) is 0 Å². The lowest BCUT2D eigenvalue weighted by Gasteiger charge is -2.35. The predicted molar refractivity (Wildman–Crippen MR) is 112 cm³/mol. The minimum absolute atomic E-state index is 0.0727. The van der Waals surface area contributed by atoms with Crippen molar-refractivity contribution in [3.8, 4) is 0 Å². The van der Waals surface area contributed by atoms with E-state index in [-0.39, 0.29) is 17.2 Å². The molecule has 1 amide bonds. The smallest absolute Gasteiger partial charge is 0.407 e. The number of amides is 1. The number of H-pyrrole nitrogens is 1. The second-order valence-electron chi connectivity index (χ2n) is 9.72. The molecule has 0 radical (unpaired) electrons. The predicted octanol–water partition coefficient (Wildman–Crippen LogP) is 5.17. The number of carbonyl (C=O) groups is 1. The summed E-state index contributed by atoms with van der Waals surface area (Å²) in [5, 5.41) is 10.6. The molecule has 0 aliphatic heterocycles. The Kier molecular flexibility index (Phi) is 8.10. The van der Waals surface area contributed by atoms with Crippen molar-refractivity contribution < 1.29 is 14.0 Å². The van der Waals surface area contributed by atoms with Gasteiger partial charge in [-0.3, -0.25) is 5.10 Å². The van der Waals surface area contributed by atoms with Crippen LogP contribution in [-0.2, 0) is 22.2 Å². The number of alkyl carbamates (subject to hydrolysis) is 1. The number of rotatable bonds is 8. The molecule has 0 aliphatic rings. The largest absolute Gasteiger partial charge is 0.444 e. The molecule has 0 aliphatic carbocycles. The molecule has 156 valence electrons. The molecular formula is C20H39N3O3Si. The van der Waals surface area contributed by atoms with Gasteiger partial charge in [-0.15, -0.1) is 0 Å². The molecule has 1 aromatic rings. The van der Waals surface area contributed by atoms with Crippen LogP contribution in [-0.4, -0.2) is 36.3 Å². The van der Waals surface area contributed by atoms with E-state index in [1.54, 1.807) is 0 Å². The fourth-order valence-electron chi connectivity index (χ4n) is 2.26. The van der Waals surface area contributed by atoms with Gasteiger partial charge in [0.15, 0.2) is 8.32 Å². The average Bonchev–Trinajstić information content (AvgIpc) is 2.94. The monoisotopic (exact) mass is 397 g/mol. The van der Waals surface area contributed by atoms with Gasteiger partial charge in [0, 0.05) is 6.04 Å². The summed E-state index contributed by atoms with van der Waals surface area (Å²) in [7, 11) is -1.77. The lowest BCUT2D eigenvalue weighted by Crippen LogP contribution is -2.40. The SMILES string of the molecule is CC[C@H](CCc1cc(CO[Si](C)(C)C(C)(C)C)[nH]n1)NC(=O)OC(C)(C)C. The van der Waals surface area contributed by atoms with Crippen LogP contribution in [0.2, 0.25) is 18.1 Å². The van der Waals surface area contributed by atoms with Crippen molar-refractivity contribution in [3.63, 3.8) is 0 Å². The minimum atomic E-state index is -1.77. The summed E-state index contributed by atoms with van der Waals surface area (Å²) >= 11 is 0. The molecule has 2 N–H and O–H groups in total. The quantitative estimate of drug-likeness (QED) is 0.594. The van der Waals surface area contributed by atoms with Crippen molar-refractivity contribution in [2.45, 2.75) is 104 Å². The van der Waals surface area contributed by atoms with Gasteiger partial charge < -0.3 is 14.5 Å². The third kappa shape index (κ3) is 8.47. The lowest BCUT2D eigenvalue weighted by molar-refractivity contribution is 0.0500. The fraction of sp³-hybridized carbons (Fsp3) is 0.800. The molecule has 7 heteroatoms. The first-order valence-corrected chi connectivity index (χ1v) is 12.8. The van der Waals surface area contributed by atoms with E-state index in [1.165, 1.54) is 0 Å². The Morgan fingerprint density at radius 2 is 1.89 bits per heavy atom. The van der Waals surface area contributed by atoms with Gasteiger partial charge in [0.1, 0.15) is 5.60 Å². The lowest BCUT2D eigenvalue weighted by atomic mass is 10.1. The number of aromatic amines is 1. The van der Waals surface area contributed by atoms with E-state index in [1.807, 2.05) is 20.8 Å². The van der Waals surface area contributed by atoms with Crippen LogP contribution in [0, 0.1) is 0 Å². The van der Waals surface area contributed by atoms with Crippen molar-refractivity contribution in [1.29, 1.82) is 0 Å². The number of hydrogen-bond acceptors (Lipinski definition) is 4. The first-order valence-electron chi connectivity index (χ1n) is 9.90. The first-order chi connectivity index (χ1) is 12.2. The number of ether oxygens (including phenoxy) is 1. The molecule has 0 saturated heterocycles. The van der Waals surface area contributed by atoms with Crippen LogP contribution in [0.15, 0.2) is 6.07 Å². The van der Waals surface area contributed by atoms with Gasteiger partial charge in [-0.25, -0.2) is 4.79 Å². The summed E-state index contributed by atoms with van der Waals surface area (Å²) in [5.41, 5.74) is 1.51. The Balaban J connectivity index is 2.50. The Morgan fingerprint density at radius 1 is 1.26 bits per heavy atom. The van der Waals surface area contributed by atoms with Gasteiger partial charge in [-0.1, -0.05) is 27.7 Å². The molecule has 1 heterocycles. The van der Waals surface area contributed by atoms with E-state index in [4.69, 9.17) is 9.16 Å². The fourth-order valence-corrected chi connectivity index (χ4v) is 3.21. The van der Waals surface area contributed by atoms with Crippen LogP contribution in [0.4, 0.5) is 4.79 Å². The van der Waals surface area contributed by atoms with Gasteiger partial charge in [0.25, 0.3) is 0 Å². The Hall–Kier alpha value is -1.34. The number of nitrogens with zero attached hydrogens (tertiary/aromatic N) is 1. The molecule has 0 saturated carbocycles. The topological polar surface area (TPSA) is 76.2 Å². The summed E-state index contributed by atoms with van der Waals surface area (Å²) in [6, 6.07) is 2.14. The van der Waals surface area contributed by atoms with Crippen molar-refractivity contribution in [2.75, 3.05) is 0 Å². The highest BCUT2D eigenvalue weighted by Gasteiger charge is 2.37. The number of aryl methyl sites for hydroxylation is 1. The molecule has 6 nitrogen and oxygen atoms in total. The van der Waals surface area contributed by atoms with Gasteiger partial charge in [-0.2, -0.15) is 5.10 Å². The zero-order chi connectivity index (χ0) is 20.9. The van der Waals surface area contributed by atoms with Crippen molar-refractivity contribution in [1.82, 2.24) is 15.5 Å². The van der Waals surface area contributed by atoms with E-state index in [2.05, 4.69) is 62.4 Å². The molecule has 27 heavy (non-hydrogen) atoms. The van der Waals surface area contributed by atoms with Crippen LogP contribution in [0.1, 0.15) is 72.7 Å². The summed E-state index contributed by atoms with van der Waals surface area (Å²) in [4.78, 5) is 11.9. The van der Waals surface area contributed by atoms with Gasteiger partial charge >= 0.3 is 6.09 Å². The number of aromatic nitrogens is 2. The van der Waals surface area contributed by atoms with E-state index in [0.29, 0.717) is 6.61 Å². The van der Waals surface area contributed by atoms with Gasteiger partial charge in [-0.05, 0) is 64.2 Å². The highest BCUT2D eigenvalue weighted by Crippen LogP contribution is 2.36. The number of hydrogen-bond donors (Lipinski definition) is 2. The maximum atomic E-state index is 11.9.